The molecule has 9 aromatic rings. The summed E-state index contributed by atoms with van der Waals surface area (Å²) < 4.78 is 4.45. The van der Waals surface area contributed by atoms with Gasteiger partial charge in [-0.3, -0.25) is 0 Å². The van der Waals surface area contributed by atoms with Crippen LogP contribution in [0.15, 0.2) is 152 Å². The average Bonchev–Trinajstić information content (AvgIpc) is 3.70. The molecule has 7 aromatic carbocycles. The first-order valence-electron chi connectivity index (χ1n) is 16.2. The zero-order valence-corrected chi connectivity index (χ0v) is 26.7. The van der Waals surface area contributed by atoms with Crippen LogP contribution >= 0.6 is 0 Å². The van der Waals surface area contributed by atoms with Crippen molar-refractivity contribution < 1.29 is 0 Å². The molecule has 0 radical (unpaired) electrons. The van der Waals surface area contributed by atoms with Gasteiger partial charge in [0.05, 0.1) is 52.5 Å². The standard InChI is InChI=1S/C45H25N5/c1-47-30-22-25-44-37(27-30)35-16-5-7-18-40(35)49(44)31-13-11-12-29(26-31)32-23-24-39(48-2)45(38(32)28-46)36-17-6-10-21-43(36)50-41-19-8-3-14-33(41)34-15-4-9-20-42(34)50/h3-27H. The molecule has 0 aliphatic rings. The Morgan fingerprint density at radius 2 is 1.12 bits per heavy atom. The van der Waals surface area contributed by atoms with Gasteiger partial charge in [0.25, 0.3) is 0 Å². The van der Waals surface area contributed by atoms with E-state index in [1.165, 1.54) is 0 Å². The van der Waals surface area contributed by atoms with Gasteiger partial charge in [0.15, 0.2) is 11.4 Å². The predicted octanol–water partition coefficient (Wildman–Crippen LogP) is 12.2. The molecule has 0 spiro atoms. The fourth-order valence-electron chi connectivity index (χ4n) is 7.50. The van der Waals surface area contributed by atoms with Crippen LogP contribution in [-0.4, -0.2) is 9.13 Å². The highest BCUT2D eigenvalue weighted by atomic mass is 15.0. The van der Waals surface area contributed by atoms with E-state index in [9.17, 15) is 5.26 Å². The number of nitrogens with zero attached hydrogens (tertiary/aromatic N) is 5. The molecule has 5 nitrogen and oxygen atoms in total. The van der Waals surface area contributed by atoms with Gasteiger partial charge in [0.1, 0.15) is 0 Å². The molecular weight excluding hydrogens is 611 g/mol. The highest BCUT2D eigenvalue weighted by Crippen LogP contribution is 2.44. The molecule has 0 saturated heterocycles. The maximum Gasteiger partial charge on any atom is 0.196 e. The Hall–Kier alpha value is -7.39. The number of aromatic nitrogens is 2. The molecule has 5 heteroatoms. The average molecular weight is 636 g/mol. The second-order valence-electron chi connectivity index (χ2n) is 12.2. The number of hydrogen-bond donors (Lipinski definition) is 0. The van der Waals surface area contributed by atoms with Crippen LogP contribution in [0.5, 0.6) is 0 Å². The summed E-state index contributed by atoms with van der Waals surface area (Å²) in [5, 5.41) is 15.3. The summed E-state index contributed by atoms with van der Waals surface area (Å²) in [5.41, 5.74) is 10.5. The summed E-state index contributed by atoms with van der Waals surface area (Å²) in [6.45, 7) is 15.8. The number of para-hydroxylation sites is 4. The first-order chi connectivity index (χ1) is 24.7. The van der Waals surface area contributed by atoms with E-state index in [0.29, 0.717) is 22.5 Å². The van der Waals surface area contributed by atoms with Gasteiger partial charge in [-0.25, -0.2) is 9.69 Å². The number of fused-ring (bicyclic) bond motifs is 6. The minimum Gasteiger partial charge on any atom is -0.309 e. The van der Waals surface area contributed by atoms with E-state index in [0.717, 1.165) is 71.7 Å². The molecule has 230 valence electrons. The van der Waals surface area contributed by atoms with E-state index in [-0.39, 0.29) is 0 Å². The third kappa shape index (κ3) is 4.24. The van der Waals surface area contributed by atoms with Crippen molar-refractivity contribution in [2.45, 2.75) is 0 Å². The summed E-state index contributed by atoms with van der Waals surface area (Å²) in [5.74, 6) is 0. The van der Waals surface area contributed by atoms with E-state index in [4.69, 9.17) is 13.1 Å². The van der Waals surface area contributed by atoms with Crippen LogP contribution in [0.4, 0.5) is 11.4 Å². The maximum atomic E-state index is 10.9. The lowest BCUT2D eigenvalue weighted by atomic mass is 9.90. The number of nitriles is 1. The van der Waals surface area contributed by atoms with Crippen LogP contribution in [0.25, 0.3) is 86.9 Å². The van der Waals surface area contributed by atoms with Gasteiger partial charge in [-0.05, 0) is 70.6 Å². The molecule has 0 atom stereocenters. The molecule has 0 unspecified atom stereocenters. The Labute approximate surface area is 288 Å². The lowest BCUT2D eigenvalue weighted by Gasteiger charge is -2.18. The molecule has 0 fully saturated rings. The van der Waals surface area contributed by atoms with Crippen LogP contribution in [-0.2, 0) is 0 Å². The Morgan fingerprint density at radius 1 is 0.500 bits per heavy atom. The molecular formula is C45H25N5. The topological polar surface area (TPSA) is 42.4 Å². The molecule has 0 amide bonds. The van der Waals surface area contributed by atoms with E-state index in [1.54, 1.807) is 0 Å². The Bertz CT molecular complexity index is 2920. The van der Waals surface area contributed by atoms with Crippen molar-refractivity contribution in [2.75, 3.05) is 0 Å². The minimum absolute atomic E-state index is 0.424. The monoisotopic (exact) mass is 635 g/mol. The van der Waals surface area contributed by atoms with E-state index >= 15 is 0 Å². The van der Waals surface area contributed by atoms with Crippen LogP contribution in [0.1, 0.15) is 5.56 Å². The fourth-order valence-corrected chi connectivity index (χ4v) is 7.50. The molecule has 9 rings (SSSR count). The normalized spacial score (nSPS) is 11.1. The Balaban J connectivity index is 1.28. The smallest absolute Gasteiger partial charge is 0.196 e. The maximum absolute atomic E-state index is 10.9. The third-order valence-corrected chi connectivity index (χ3v) is 9.61. The second-order valence-corrected chi connectivity index (χ2v) is 12.2. The van der Waals surface area contributed by atoms with Crippen LogP contribution in [0.2, 0.25) is 0 Å². The van der Waals surface area contributed by atoms with Gasteiger partial charge in [-0.15, -0.1) is 0 Å². The molecule has 0 N–H and O–H groups in total. The first kappa shape index (κ1) is 28.8. The zero-order chi connectivity index (χ0) is 33.8. The molecule has 2 heterocycles. The van der Waals surface area contributed by atoms with E-state index in [2.05, 4.69) is 91.6 Å². The Kier molecular flexibility index (Phi) is 6.56. The zero-order valence-electron chi connectivity index (χ0n) is 26.7. The third-order valence-electron chi connectivity index (χ3n) is 9.61. The van der Waals surface area contributed by atoms with Crippen molar-refractivity contribution in [3.05, 3.63) is 180 Å². The highest BCUT2D eigenvalue weighted by molar-refractivity contribution is 6.11. The molecule has 2 aromatic heterocycles. The van der Waals surface area contributed by atoms with Crippen molar-refractivity contribution in [2.24, 2.45) is 0 Å². The van der Waals surface area contributed by atoms with E-state index < -0.39 is 0 Å². The molecule has 0 saturated carbocycles. The second kappa shape index (κ2) is 11.4. The molecule has 50 heavy (non-hydrogen) atoms. The Morgan fingerprint density at radius 3 is 1.80 bits per heavy atom. The predicted molar refractivity (Wildman–Crippen MR) is 203 cm³/mol. The molecule has 0 aliphatic carbocycles. The summed E-state index contributed by atoms with van der Waals surface area (Å²) in [6.07, 6.45) is 0. The quantitative estimate of drug-likeness (QED) is 0.177. The minimum atomic E-state index is 0.424. The van der Waals surface area contributed by atoms with Crippen LogP contribution in [0, 0.1) is 24.5 Å². The lowest BCUT2D eigenvalue weighted by molar-refractivity contribution is 1.18. The van der Waals surface area contributed by atoms with Gasteiger partial charge in [-0.1, -0.05) is 103 Å². The SMILES string of the molecule is [C-]#[N+]c1ccc2c(c1)c1ccccc1n2-c1cccc(-c2ccc([N+]#[C-])c(-c3ccccc3-n3c4ccccc4c4ccccc43)c2C#N)c1. The van der Waals surface area contributed by atoms with Crippen molar-refractivity contribution >= 4 is 55.0 Å². The van der Waals surface area contributed by atoms with Gasteiger partial charge in [0, 0.05) is 27.4 Å². The lowest BCUT2D eigenvalue weighted by Crippen LogP contribution is -1.99. The van der Waals surface area contributed by atoms with Crippen molar-refractivity contribution in [3.63, 3.8) is 0 Å². The number of rotatable bonds is 4. The van der Waals surface area contributed by atoms with Gasteiger partial charge >= 0.3 is 0 Å². The molecule has 0 aliphatic heterocycles. The highest BCUT2D eigenvalue weighted by Gasteiger charge is 2.22. The van der Waals surface area contributed by atoms with Gasteiger partial charge in [-0.2, -0.15) is 5.26 Å². The number of benzene rings is 7. The summed E-state index contributed by atoms with van der Waals surface area (Å²) >= 11 is 0. The fraction of sp³-hybridized carbons (Fsp3) is 0. The summed E-state index contributed by atoms with van der Waals surface area (Å²) in [6, 6.07) is 53.2. The van der Waals surface area contributed by atoms with Gasteiger partial charge < -0.3 is 9.13 Å². The largest absolute Gasteiger partial charge is 0.309 e. The van der Waals surface area contributed by atoms with Gasteiger partial charge in [0.2, 0.25) is 0 Å². The van der Waals surface area contributed by atoms with E-state index in [1.807, 2.05) is 84.9 Å². The van der Waals surface area contributed by atoms with Crippen LogP contribution < -0.4 is 0 Å². The van der Waals surface area contributed by atoms with Crippen LogP contribution in [0.3, 0.4) is 0 Å². The number of hydrogen-bond acceptors (Lipinski definition) is 1. The summed E-state index contributed by atoms with van der Waals surface area (Å²) in [7, 11) is 0. The van der Waals surface area contributed by atoms with Crippen molar-refractivity contribution in [1.82, 2.24) is 9.13 Å². The summed E-state index contributed by atoms with van der Waals surface area (Å²) in [4.78, 5) is 7.61. The van der Waals surface area contributed by atoms with Crippen molar-refractivity contribution in [3.8, 4) is 39.7 Å². The van der Waals surface area contributed by atoms with Crippen molar-refractivity contribution in [1.29, 1.82) is 5.26 Å². The molecule has 0 bridgehead atoms. The first-order valence-corrected chi connectivity index (χ1v) is 16.2.